The monoisotopic (exact) mass is 305 g/mol. The zero-order valence-electron chi connectivity index (χ0n) is 12.9. The molecule has 3 heteroatoms. The Hall–Kier alpha value is -1.02. The highest BCUT2D eigenvalue weighted by Gasteiger charge is 2.38. The smallest absolute Gasteiger partial charge is 0.234 e. The van der Waals surface area contributed by atoms with Crippen LogP contribution in [0.3, 0.4) is 0 Å². The van der Waals surface area contributed by atoms with E-state index in [2.05, 4.69) is 17.4 Å². The summed E-state index contributed by atoms with van der Waals surface area (Å²) in [7, 11) is 0. The van der Waals surface area contributed by atoms with Gasteiger partial charge in [0.2, 0.25) is 5.91 Å². The Morgan fingerprint density at radius 1 is 1.19 bits per heavy atom. The van der Waals surface area contributed by atoms with Crippen molar-refractivity contribution < 1.29 is 4.79 Å². The average molecular weight is 306 g/mol. The predicted octanol–water partition coefficient (Wildman–Crippen LogP) is 5.17. The molecule has 0 aromatic heterocycles. The number of alkyl halides is 1. The van der Waals surface area contributed by atoms with E-state index in [1.165, 1.54) is 44.1 Å². The molecule has 1 atom stereocenters. The van der Waals surface area contributed by atoms with Gasteiger partial charge in [-0.25, -0.2) is 0 Å². The first-order valence-corrected chi connectivity index (χ1v) is 8.54. The van der Waals surface area contributed by atoms with Gasteiger partial charge in [-0.1, -0.05) is 37.8 Å². The lowest BCUT2D eigenvalue weighted by Gasteiger charge is -2.23. The fourth-order valence-corrected chi connectivity index (χ4v) is 4.02. The molecule has 0 bridgehead atoms. The largest absolute Gasteiger partial charge is 0.325 e. The van der Waals surface area contributed by atoms with Gasteiger partial charge in [-0.05, 0) is 49.8 Å². The highest BCUT2D eigenvalue weighted by atomic mass is 35.5. The number of carbonyl (C=O) groups is 1. The van der Waals surface area contributed by atoms with Crippen LogP contribution in [0.2, 0.25) is 0 Å². The van der Waals surface area contributed by atoms with Gasteiger partial charge in [-0.3, -0.25) is 4.79 Å². The molecule has 1 fully saturated rings. The van der Waals surface area contributed by atoms with Crippen molar-refractivity contribution in [2.24, 2.45) is 5.92 Å². The number of benzene rings is 1. The second kappa shape index (κ2) is 5.64. The van der Waals surface area contributed by atoms with Gasteiger partial charge in [0, 0.05) is 5.69 Å². The number of amides is 1. The number of anilines is 1. The summed E-state index contributed by atoms with van der Waals surface area (Å²) in [5.41, 5.74) is 2.75. The maximum absolute atomic E-state index is 12.0. The molecule has 114 valence electrons. The third-order valence-electron chi connectivity index (χ3n) is 5.16. The quantitative estimate of drug-likeness (QED) is 0.593. The SMILES string of the molecule is CC1(C)C(=O)Nc2ccc(C(Cl)C3CCCCCC3)cc21. The molecule has 1 aliphatic heterocycles. The third-order valence-corrected chi connectivity index (χ3v) is 5.77. The Morgan fingerprint density at radius 3 is 2.52 bits per heavy atom. The first-order valence-electron chi connectivity index (χ1n) is 8.10. The van der Waals surface area contributed by atoms with Crippen LogP contribution in [0.1, 0.15) is 68.9 Å². The number of hydrogen-bond acceptors (Lipinski definition) is 1. The Balaban J connectivity index is 1.87. The highest BCUT2D eigenvalue weighted by Crippen LogP contribution is 2.43. The molecule has 0 saturated heterocycles. The van der Waals surface area contributed by atoms with Gasteiger partial charge in [0.05, 0.1) is 10.8 Å². The van der Waals surface area contributed by atoms with Crippen LogP contribution in [0.15, 0.2) is 18.2 Å². The molecule has 1 N–H and O–H groups in total. The molecule has 1 aromatic carbocycles. The van der Waals surface area contributed by atoms with E-state index in [4.69, 9.17) is 11.6 Å². The summed E-state index contributed by atoms with van der Waals surface area (Å²) in [6.07, 6.45) is 7.73. The molecule has 21 heavy (non-hydrogen) atoms. The number of fused-ring (bicyclic) bond motifs is 1. The molecule has 1 aliphatic carbocycles. The Morgan fingerprint density at radius 2 is 1.86 bits per heavy atom. The molecule has 1 heterocycles. The standard InChI is InChI=1S/C18H24ClNO/c1-18(2)14-11-13(9-10-15(14)20-17(18)21)16(19)12-7-5-3-4-6-8-12/h9-12,16H,3-8H2,1-2H3,(H,20,21). The first kappa shape index (κ1) is 14.9. The van der Waals surface area contributed by atoms with E-state index in [9.17, 15) is 4.79 Å². The van der Waals surface area contributed by atoms with Crippen molar-refractivity contribution in [3.05, 3.63) is 29.3 Å². The molecular weight excluding hydrogens is 282 g/mol. The van der Waals surface area contributed by atoms with Crippen molar-refractivity contribution in [3.8, 4) is 0 Å². The normalized spacial score (nSPS) is 23.3. The minimum Gasteiger partial charge on any atom is -0.325 e. The van der Waals surface area contributed by atoms with E-state index in [-0.39, 0.29) is 11.3 Å². The summed E-state index contributed by atoms with van der Waals surface area (Å²) >= 11 is 6.78. The van der Waals surface area contributed by atoms with E-state index in [0.29, 0.717) is 5.92 Å². The summed E-state index contributed by atoms with van der Waals surface area (Å²) in [4.78, 5) is 12.0. The molecule has 2 nitrogen and oxygen atoms in total. The van der Waals surface area contributed by atoms with Crippen LogP contribution in [-0.2, 0) is 10.2 Å². The molecule has 0 radical (unpaired) electrons. The highest BCUT2D eigenvalue weighted by molar-refractivity contribution is 6.21. The molecule has 1 unspecified atom stereocenters. The first-order chi connectivity index (χ1) is 10.00. The van der Waals surface area contributed by atoms with E-state index in [0.717, 1.165) is 11.3 Å². The summed E-state index contributed by atoms with van der Waals surface area (Å²) in [6, 6.07) is 6.25. The van der Waals surface area contributed by atoms with Crippen LogP contribution in [-0.4, -0.2) is 5.91 Å². The lowest BCUT2D eigenvalue weighted by atomic mass is 9.83. The van der Waals surface area contributed by atoms with E-state index >= 15 is 0 Å². The molecule has 1 amide bonds. The number of halogens is 1. The van der Waals surface area contributed by atoms with E-state index < -0.39 is 5.41 Å². The number of carbonyl (C=O) groups excluding carboxylic acids is 1. The molecule has 2 aliphatic rings. The van der Waals surface area contributed by atoms with E-state index in [1.54, 1.807) is 0 Å². The van der Waals surface area contributed by atoms with Gasteiger partial charge >= 0.3 is 0 Å². The Labute approximate surface area is 132 Å². The fraction of sp³-hybridized carbons (Fsp3) is 0.611. The number of hydrogen-bond donors (Lipinski definition) is 1. The summed E-state index contributed by atoms with van der Waals surface area (Å²) in [5, 5.41) is 3.03. The average Bonchev–Trinajstić information content (AvgIpc) is 2.68. The minimum absolute atomic E-state index is 0.0694. The van der Waals surface area contributed by atoms with Gasteiger partial charge < -0.3 is 5.32 Å². The van der Waals surface area contributed by atoms with Gasteiger partial charge in [-0.15, -0.1) is 11.6 Å². The minimum atomic E-state index is -0.453. The van der Waals surface area contributed by atoms with E-state index in [1.807, 2.05) is 19.9 Å². The fourth-order valence-electron chi connectivity index (χ4n) is 3.64. The van der Waals surface area contributed by atoms with Gasteiger partial charge in [0.1, 0.15) is 0 Å². The lowest BCUT2D eigenvalue weighted by molar-refractivity contribution is -0.119. The number of rotatable bonds is 2. The zero-order valence-corrected chi connectivity index (χ0v) is 13.7. The van der Waals surface area contributed by atoms with Crippen LogP contribution in [0.4, 0.5) is 5.69 Å². The summed E-state index contributed by atoms with van der Waals surface area (Å²) < 4.78 is 0. The van der Waals surface area contributed by atoms with Crippen molar-refractivity contribution >= 4 is 23.2 Å². The zero-order chi connectivity index (χ0) is 15.0. The summed E-state index contributed by atoms with van der Waals surface area (Å²) in [5.74, 6) is 0.649. The van der Waals surface area contributed by atoms with Crippen LogP contribution >= 0.6 is 11.6 Å². The summed E-state index contributed by atoms with van der Waals surface area (Å²) in [6.45, 7) is 3.96. The van der Waals surface area contributed by atoms with Gasteiger partial charge in [0.15, 0.2) is 0 Å². The van der Waals surface area contributed by atoms with Crippen molar-refractivity contribution in [2.45, 2.75) is 63.2 Å². The lowest BCUT2D eigenvalue weighted by Crippen LogP contribution is -2.27. The van der Waals surface area contributed by atoms with Crippen LogP contribution in [0.5, 0.6) is 0 Å². The molecule has 1 aromatic rings. The molecule has 1 saturated carbocycles. The Kier molecular flexibility index (Phi) is 4.00. The molecular formula is C18H24ClNO. The third kappa shape index (κ3) is 2.70. The van der Waals surface area contributed by atoms with Crippen LogP contribution < -0.4 is 5.32 Å². The molecule has 3 rings (SSSR count). The predicted molar refractivity (Wildman–Crippen MR) is 87.9 cm³/mol. The second-order valence-corrected chi connectivity index (χ2v) is 7.51. The van der Waals surface area contributed by atoms with Crippen molar-refractivity contribution in [1.29, 1.82) is 0 Å². The van der Waals surface area contributed by atoms with Crippen molar-refractivity contribution in [2.75, 3.05) is 5.32 Å². The maximum atomic E-state index is 12.0. The van der Waals surface area contributed by atoms with Crippen LogP contribution in [0.25, 0.3) is 0 Å². The van der Waals surface area contributed by atoms with Crippen molar-refractivity contribution in [1.82, 2.24) is 0 Å². The second-order valence-electron chi connectivity index (χ2n) is 7.04. The van der Waals surface area contributed by atoms with Crippen molar-refractivity contribution in [3.63, 3.8) is 0 Å². The number of nitrogens with one attached hydrogen (secondary N) is 1. The van der Waals surface area contributed by atoms with Gasteiger partial charge in [0.25, 0.3) is 0 Å². The van der Waals surface area contributed by atoms with Crippen LogP contribution in [0, 0.1) is 5.92 Å². The Bertz CT molecular complexity index is 544. The molecule has 0 spiro atoms. The topological polar surface area (TPSA) is 29.1 Å². The van der Waals surface area contributed by atoms with Gasteiger partial charge in [-0.2, -0.15) is 0 Å². The maximum Gasteiger partial charge on any atom is 0.234 e.